The second kappa shape index (κ2) is 8.72. The fourth-order valence-electron chi connectivity index (χ4n) is 1.63. The largest absolute Gasteiger partial charge is 0.492 e. The van der Waals surface area contributed by atoms with Crippen molar-refractivity contribution in [2.24, 2.45) is 0 Å². The lowest BCUT2D eigenvalue weighted by Gasteiger charge is -2.12. The maximum atomic E-state index is 5.77. The first-order valence-electron chi connectivity index (χ1n) is 6.41. The van der Waals surface area contributed by atoms with Gasteiger partial charge in [-0.2, -0.15) is 0 Å². The first kappa shape index (κ1) is 14.7. The standard InChI is InChI=1S/C15H24N2O/c1-4-7-14-8-5-6-9-15(14)18-13-11-16-10-12-17(2)3/h4-6,8-9,16H,1,7,10-13H2,2-3H3. The van der Waals surface area contributed by atoms with Crippen LogP contribution >= 0.6 is 0 Å². The maximum absolute atomic E-state index is 5.77. The van der Waals surface area contributed by atoms with E-state index in [2.05, 4.69) is 37.0 Å². The van der Waals surface area contributed by atoms with E-state index in [1.807, 2.05) is 24.3 Å². The Morgan fingerprint density at radius 2 is 2.06 bits per heavy atom. The van der Waals surface area contributed by atoms with Crippen LogP contribution in [0.4, 0.5) is 0 Å². The van der Waals surface area contributed by atoms with Crippen LogP contribution in [-0.2, 0) is 6.42 Å². The average Bonchev–Trinajstić information content (AvgIpc) is 2.35. The molecule has 0 unspecified atom stereocenters. The number of ether oxygens (including phenoxy) is 1. The van der Waals surface area contributed by atoms with E-state index in [0.29, 0.717) is 6.61 Å². The number of hydrogen-bond acceptors (Lipinski definition) is 3. The quantitative estimate of drug-likeness (QED) is 0.534. The zero-order valence-corrected chi connectivity index (χ0v) is 11.5. The van der Waals surface area contributed by atoms with Gasteiger partial charge in [-0.3, -0.25) is 0 Å². The number of benzene rings is 1. The van der Waals surface area contributed by atoms with Gasteiger partial charge in [0.2, 0.25) is 0 Å². The van der Waals surface area contributed by atoms with Gasteiger partial charge >= 0.3 is 0 Å². The Hall–Kier alpha value is -1.32. The number of hydrogen-bond donors (Lipinski definition) is 1. The molecule has 0 aliphatic heterocycles. The van der Waals surface area contributed by atoms with E-state index in [4.69, 9.17) is 4.74 Å². The van der Waals surface area contributed by atoms with Crippen LogP contribution in [0.15, 0.2) is 36.9 Å². The van der Waals surface area contributed by atoms with Gasteiger partial charge in [0.05, 0.1) is 0 Å². The van der Waals surface area contributed by atoms with Crippen LogP contribution in [0, 0.1) is 0 Å². The molecule has 3 heteroatoms. The van der Waals surface area contributed by atoms with Gasteiger partial charge in [-0.1, -0.05) is 24.3 Å². The summed E-state index contributed by atoms with van der Waals surface area (Å²) in [4.78, 5) is 2.16. The number of nitrogens with one attached hydrogen (secondary N) is 1. The molecule has 100 valence electrons. The van der Waals surface area contributed by atoms with Crippen LogP contribution in [0.2, 0.25) is 0 Å². The van der Waals surface area contributed by atoms with Crippen LogP contribution in [0.5, 0.6) is 5.75 Å². The average molecular weight is 248 g/mol. The van der Waals surface area contributed by atoms with Crippen LogP contribution < -0.4 is 10.1 Å². The summed E-state index contributed by atoms with van der Waals surface area (Å²) in [5.41, 5.74) is 1.20. The Kier molecular flexibility index (Phi) is 7.14. The van der Waals surface area contributed by atoms with Crippen molar-refractivity contribution in [3.05, 3.63) is 42.5 Å². The molecule has 0 aliphatic carbocycles. The third kappa shape index (κ3) is 5.84. The van der Waals surface area contributed by atoms with E-state index < -0.39 is 0 Å². The normalized spacial score (nSPS) is 10.6. The van der Waals surface area contributed by atoms with Crippen molar-refractivity contribution >= 4 is 0 Å². The molecule has 0 atom stereocenters. The highest BCUT2D eigenvalue weighted by Crippen LogP contribution is 2.18. The van der Waals surface area contributed by atoms with Gasteiger partial charge in [-0.05, 0) is 32.1 Å². The molecule has 1 aromatic rings. The second-order valence-corrected chi connectivity index (χ2v) is 4.50. The number of allylic oxidation sites excluding steroid dienone is 1. The molecule has 0 aliphatic rings. The van der Waals surface area contributed by atoms with Gasteiger partial charge in [0, 0.05) is 19.6 Å². The van der Waals surface area contributed by atoms with E-state index in [-0.39, 0.29) is 0 Å². The number of nitrogens with zero attached hydrogens (tertiary/aromatic N) is 1. The molecule has 1 rings (SSSR count). The van der Waals surface area contributed by atoms with Crippen molar-refractivity contribution in [1.82, 2.24) is 10.2 Å². The molecule has 1 N–H and O–H groups in total. The maximum Gasteiger partial charge on any atom is 0.122 e. The predicted molar refractivity (Wildman–Crippen MR) is 77.3 cm³/mol. The molecule has 0 saturated carbocycles. The summed E-state index contributed by atoms with van der Waals surface area (Å²) in [7, 11) is 4.15. The number of likely N-dealkylation sites (N-methyl/N-ethyl adjacent to an activating group) is 1. The number of rotatable bonds is 9. The summed E-state index contributed by atoms with van der Waals surface area (Å²) in [6, 6.07) is 8.12. The highest BCUT2D eigenvalue weighted by atomic mass is 16.5. The molecule has 1 aromatic carbocycles. The van der Waals surface area contributed by atoms with Crippen molar-refractivity contribution in [3.63, 3.8) is 0 Å². The molecule has 0 amide bonds. The summed E-state index contributed by atoms with van der Waals surface area (Å²) in [6.45, 7) is 7.37. The van der Waals surface area contributed by atoms with Crippen molar-refractivity contribution in [3.8, 4) is 5.75 Å². The van der Waals surface area contributed by atoms with Crippen LogP contribution in [0.25, 0.3) is 0 Å². The summed E-state index contributed by atoms with van der Waals surface area (Å²) in [6.07, 6.45) is 2.75. The topological polar surface area (TPSA) is 24.5 Å². The Morgan fingerprint density at radius 1 is 1.28 bits per heavy atom. The Labute approximate surface area is 110 Å². The van der Waals surface area contributed by atoms with Gasteiger partial charge in [-0.25, -0.2) is 0 Å². The molecule has 0 radical (unpaired) electrons. The molecule has 0 aromatic heterocycles. The van der Waals surface area contributed by atoms with E-state index in [0.717, 1.165) is 31.8 Å². The minimum Gasteiger partial charge on any atom is -0.492 e. The fourth-order valence-corrected chi connectivity index (χ4v) is 1.63. The van der Waals surface area contributed by atoms with Gasteiger partial charge in [-0.15, -0.1) is 6.58 Å². The van der Waals surface area contributed by atoms with E-state index >= 15 is 0 Å². The zero-order chi connectivity index (χ0) is 13.2. The van der Waals surface area contributed by atoms with E-state index in [1.165, 1.54) is 5.56 Å². The molecule has 0 spiro atoms. The van der Waals surface area contributed by atoms with Crippen LogP contribution in [0.3, 0.4) is 0 Å². The molecule has 0 bridgehead atoms. The SMILES string of the molecule is C=CCc1ccccc1OCCNCCN(C)C. The minimum absolute atomic E-state index is 0.696. The number of para-hydroxylation sites is 1. The highest BCUT2D eigenvalue weighted by molar-refractivity contribution is 5.34. The molecule has 3 nitrogen and oxygen atoms in total. The Bertz CT molecular complexity index is 350. The van der Waals surface area contributed by atoms with Crippen molar-refractivity contribution in [1.29, 1.82) is 0 Å². The lowest BCUT2D eigenvalue weighted by Crippen LogP contribution is -2.29. The fraction of sp³-hybridized carbons (Fsp3) is 0.467. The van der Waals surface area contributed by atoms with E-state index in [9.17, 15) is 0 Å². The lowest BCUT2D eigenvalue weighted by molar-refractivity contribution is 0.306. The van der Waals surface area contributed by atoms with Crippen LogP contribution in [0.1, 0.15) is 5.56 Å². The summed E-state index contributed by atoms with van der Waals surface area (Å²) >= 11 is 0. The first-order chi connectivity index (χ1) is 8.74. The lowest BCUT2D eigenvalue weighted by atomic mass is 10.1. The van der Waals surface area contributed by atoms with Gasteiger partial charge in [0.15, 0.2) is 0 Å². The van der Waals surface area contributed by atoms with Crippen molar-refractivity contribution in [2.45, 2.75) is 6.42 Å². The zero-order valence-electron chi connectivity index (χ0n) is 11.5. The van der Waals surface area contributed by atoms with Crippen molar-refractivity contribution in [2.75, 3.05) is 40.3 Å². The van der Waals surface area contributed by atoms with Gasteiger partial charge in [0.1, 0.15) is 12.4 Å². The summed E-state index contributed by atoms with van der Waals surface area (Å²) < 4.78 is 5.77. The molecule has 18 heavy (non-hydrogen) atoms. The molecule has 0 saturated heterocycles. The summed E-state index contributed by atoms with van der Waals surface area (Å²) in [5.74, 6) is 0.965. The monoisotopic (exact) mass is 248 g/mol. The van der Waals surface area contributed by atoms with Gasteiger partial charge in [0.25, 0.3) is 0 Å². The predicted octanol–water partition coefficient (Wildman–Crippen LogP) is 1.95. The first-order valence-corrected chi connectivity index (χ1v) is 6.41. The molecular formula is C15H24N2O. The van der Waals surface area contributed by atoms with E-state index in [1.54, 1.807) is 0 Å². The molecule has 0 heterocycles. The molecular weight excluding hydrogens is 224 g/mol. The third-order valence-electron chi connectivity index (χ3n) is 2.61. The minimum atomic E-state index is 0.696. The van der Waals surface area contributed by atoms with Crippen LogP contribution in [-0.4, -0.2) is 45.2 Å². The third-order valence-corrected chi connectivity index (χ3v) is 2.61. The summed E-state index contributed by atoms with van der Waals surface area (Å²) in [5, 5.41) is 3.35. The second-order valence-electron chi connectivity index (χ2n) is 4.50. The smallest absolute Gasteiger partial charge is 0.122 e. The van der Waals surface area contributed by atoms with Crippen molar-refractivity contribution < 1.29 is 4.74 Å². The molecule has 0 fully saturated rings. The van der Waals surface area contributed by atoms with Gasteiger partial charge < -0.3 is 15.0 Å². The highest BCUT2D eigenvalue weighted by Gasteiger charge is 2.00. The Balaban J connectivity index is 2.24. The Morgan fingerprint density at radius 3 is 2.78 bits per heavy atom.